The quantitative estimate of drug-likeness (QED) is 0.761. The van der Waals surface area contributed by atoms with E-state index in [4.69, 9.17) is 4.52 Å². The Morgan fingerprint density at radius 3 is 2.54 bits per heavy atom. The molecule has 1 unspecified atom stereocenters. The maximum atomic E-state index is 13.1. The Bertz CT molecular complexity index is 841. The molecular weight excluding hydrogens is 352 g/mol. The highest BCUT2D eigenvalue weighted by Gasteiger charge is 2.32. The molecule has 6 nitrogen and oxygen atoms in total. The molecule has 1 amide bonds. The second-order valence-corrected chi connectivity index (χ2v) is 8.91. The first kappa shape index (κ1) is 19.2. The van der Waals surface area contributed by atoms with E-state index in [1.165, 1.54) is 37.8 Å². The molecule has 2 aliphatic rings. The fourth-order valence-corrected chi connectivity index (χ4v) is 4.52. The molecule has 0 aromatic carbocycles. The molecule has 6 heteroatoms. The van der Waals surface area contributed by atoms with Gasteiger partial charge in [-0.3, -0.25) is 4.79 Å². The standard InChI is InChI=1S/C22H32N4O2/c1-13(2)19(22-24-20(25-28-22)16-10-11-16)23-21(27)18-12-14(3)26(15(18)4)17-8-6-5-7-9-17/h12-13,16-17,19H,5-11H2,1-4H3,(H,23,27). The molecule has 0 saturated heterocycles. The fraction of sp³-hybridized carbons (Fsp3) is 0.682. The van der Waals surface area contributed by atoms with Gasteiger partial charge in [0.1, 0.15) is 6.04 Å². The molecule has 2 aromatic rings. The lowest BCUT2D eigenvalue weighted by molar-refractivity contribution is 0.0913. The normalized spacial score (nSPS) is 19.2. The summed E-state index contributed by atoms with van der Waals surface area (Å²) in [7, 11) is 0. The number of carbonyl (C=O) groups is 1. The van der Waals surface area contributed by atoms with Crippen molar-refractivity contribution in [2.24, 2.45) is 5.92 Å². The van der Waals surface area contributed by atoms with E-state index < -0.39 is 0 Å². The topological polar surface area (TPSA) is 73.0 Å². The van der Waals surface area contributed by atoms with Crippen LogP contribution in [0.1, 0.15) is 110 Å². The van der Waals surface area contributed by atoms with Gasteiger partial charge in [-0.15, -0.1) is 0 Å². The number of nitrogens with zero attached hydrogens (tertiary/aromatic N) is 3. The number of carbonyl (C=O) groups excluding carboxylic acids is 1. The summed E-state index contributed by atoms with van der Waals surface area (Å²) in [5, 5.41) is 7.27. The largest absolute Gasteiger partial charge is 0.345 e. The SMILES string of the molecule is Cc1cc(C(=O)NC(c2nc(C3CC3)no2)C(C)C)c(C)n1C1CCCCC1. The van der Waals surface area contributed by atoms with Crippen molar-refractivity contribution in [3.8, 4) is 0 Å². The first-order chi connectivity index (χ1) is 13.5. The molecule has 2 saturated carbocycles. The van der Waals surface area contributed by atoms with Crippen LogP contribution in [0.3, 0.4) is 0 Å². The van der Waals surface area contributed by atoms with Crippen LogP contribution in [0.25, 0.3) is 0 Å². The van der Waals surface area contributed by atoms with Crippen LogP contribution < -0.4 is 5.32 Å². The van der Waals surface area contributed by atoms with Gasteiger partial charge >= 0.3 is 0 Å². The maximum absolute atomic E-state index is 13.1. The van der Waals surface area contributed by atoms with Gasteiger partial charge in [0.2, 0.25) is 5.89 Å². The van der Waals surface area contributed by atoms with Crippen molar-refractivity contribution < 1.29 is 9.32 Å². The van der Waals surface area contributed by atoms with E-state index in [0.29, 0.717) is 17.9 Å². The van der Waals surface area contributed by atoms with Crippen molar-refractivity contribution in [3.63, 3.8) is 0 Å². The monoisotopic (exact) mass is 384 g/mol. The number of rotatable bonds is 6. The van der Waals surface area contributed by atoms with Gasteiger partial charge in [0, 0.05) is 23.3 Å². The van der Waals surface area contributed by atoms with E-state index in [2.05, 4.69) is 47.7 Å². The van der Waals surface area contributed by atoms with E-state index in [-0.39, 0.29) is 17.9 Å². The molecule has 2 fully saturated rings. The summed E-state index contributed by atoms with van der Waals surface area (Å²) in [4.78, 5) is 17.7. The van der Waals surface area contributed by atoms with Gasteiger partial charge in [-0.05, 0) is 51.5 Å². The van der Waals surface area contributed by atoms with Crippen LogP contribution in [-0.2, 0) is 0 Å². The average molecular weight is 385 g/mol. The summed E-state index contributed by atoms with van der Waals surface area (Å²) < 4.78 is 7.87. The van der Waals surface area contributed by atoms with Crippen LogP contribution in [-0.4, -0.2) is 20.6 Å². The van der Waals surface area contributed by atoms with Crippen LogP contribution in [0.4, 0.5) is 0 Å². The summed E-state index contributed by atoms with van der Waals surface area (Å²) in [6, 6.07) is 2.28. The summed E-state index contributed by atoms with van der Waals surface area (Å²) in [5.41, 5.74) is 2.99. The van der Waals surface area contributed by atoms with E-state index in [1.807, 2.05) is 6.07 Å². The zero-order valence-electron chi connectivity index (χ0n) is 17.5. The van der Waals surface area contributed by atoms with Crippen molar-refractivity contribution in [2.75, 3.05) is 0 Å². The Balaban J connectivity index is 1.54. The van der Waals surface area contributed by atoms with Crippen molar-refractivity contribution in [2.45, 2.75) is 90.6 Å². The molecule has 2 heterocycles. The lowest BCUT2D eigenvalue weighted by Gasteiger charge is -2.26. The van der Waals surface area contributed by atoms with E-state index >= 15 is 0 Å². The number of aromatic nitrogens is 3. The minimum atomic E-state index is -0.273. The third kappa shape index (κ3) is 3.74. The van der Waals surface area contributed by atoms with Gasteiger partial charge in [-0.2, -0.15) is 4.98 Å². The fourth-order valence-electron chi connectivity index (χ4n) is 4.52. The minimum absolute atomic E-state index is 0.0555. The third-order valence-corrected chi connectivity index (χ3v) is 6.29. The van der Waals surface area contributed by atoms with Crippen LogP contribution in [0, 0.1) is 19.8 Å². The summed E-state index contributed by atoms with van der Waals surface area (Å²) in [6.07, 6.45) is 8.55. The lowest BCUT2D eigenvalue weighted by atomic mass is 9.95. The predicted molar refractivity (Wildman–Crippen MR) is 107 cm³/mol. The molecule has 0 radical (unpaired) electrons. The molecular formula is C22H32N4O2. The average Bonchev–Trinajstić information content (AvgIpc) is 3.33. The number of aryl methyl sites for hydroxylation is 1. The van der Waals surface area contributed by atoms with Crippen LogP contribution in [0.15, 0.2) is 10.6 Å². The number of hydrogen-bond acceptors (Lipinski definition) is 4. The molecule has 0 spiro atoms. The smallest absolute Gasteiger partial charge is 0.253 e. The minimum Gasteiger partial charge on any atom is -0.345 e. The first-order valence-corrected chi connectivity index (χ1v) is 10.8. The summed E-state index contributed by atoms with van der Waals surface area (Å²) in [5.74, 6) is 1.85. The van der Waals surface area contributed by atoms with Gasteiger partial charge in [0.25, 0.3) is 5.91 Å². The van der Waals surface area contributed by atoms with E-state index in [1.54, 1.807) is 0 Å². The molecule has 152 valence electrons. The highest BCUT2D eigenvalue weighted by molar-refractivity contribution is 5.96. The van der Waals surface area contributed by atoms with E-state index in [0.717, 1.165) is 29.9 Å². The number of amides is 1. The number of hydrogen-bond donors (Lipinski definition) is 1. The molecule has 2 aliphatic carbocycles. The van der Waals surface area contributed by atoms with Crippen molar-refractivity contribution in [1.29, 1.82) is 0 Å². The first-order valence-electron chi connectivity index (χ1n) is 10.8. The predicted octanol–water partition coefficient (Wildman–Crippen LogP) is 5.00. The van der Waals surface area contributed by atoms with Crippen molar-refractivity contribution in [3.05, 3.63) is 34.7 Å². The molecule has 0 bridgehead atoms. The molecule has 28 heavy (non-hydrogen) atoms. The van der Waals surface area contributed by atoms with Gasteiger partial charge in [-0.25, -0.2) is 0 Å². The Labute approximate surface area is 167 Å². The molecule has 0 aliphatic heterocycles. The van der Waals surface area contributed by atoms with E-state index in [9.17, 15) is 4.79 Å². The second-order valence-electron chi connectivity index (χ2n) is 8.91. The Morgan fingerprint density at radius 2 is 1.89 bits per heavy atom. The highest BCUT2D eigenvalue weighted by atomic mass is 16.5. The Hall–Kier alpha value is -2.11. The van der Waals surface area contributed by atoms with Crippen LogP contribution >= 0.6 is 0 Å². The molecule has 1 N–H and O–H groups in total. The third-order valence-electron chi connectivity index (χ3n) is 6.29. The molecule has 4 rings (SSSR count). The van der Waals surface area contributed by atoms with Gasteiger partial charge < -0.3 is 14.4 Å². The maximum Gasteiger partial charge on any atom is 0.253 e. The van der Waals surface area contributed by atoms with Gasteiger partial charge in [0.15, 0.2) is 5.82 Å². The summed E-state index contributed by atoms with van der Waals surface area (Å²) >= 11 is 0. The highest BCUT2D eigenvalue weighted by Crippen LogP contribution is 2.39. The zero-order chi connectivity index (χ0) is 19.8. The Morgan fingerprint density at radius 1 is 1.18 bits per heavy atom. The van der Waals surface area contributed by atoms with Crippen molar-refractivity contribution >= 4 is 5.91 Å². The van der Waals surface area contributed by atoms with Crippen molar-refractivity contribution in [1.82, 2.24) is 20.0 Å². The molecule has 1 atom stereocenters. The van der Waals surface area contributed by atoms with Gasteiger partial charge in [0.05, 0.1) is 5.56 Å². The van der Waals surface area contributed by atoms with Crippen LogP contribution in [0.2, 0.25) is 0 Å². The zero-order valence-corrected chi connectivity index (χ0v) is 17.5. The lowest BCUT2D eigenvalue weighted by Crippen LogP contribution is -2.32. The Kier molecular flexibility index (Phi) is 5.30. The second kappa shape index (κ2) is 7.72. The van der Waals surface area contributed by atoms with Gasteiger partial charge in [-0.1, -0.05) is 38.3 Å². The molecule has 2 aromatic heterocycles. The van der Waals surface area contributed by atoms with Crippen LogP contribution in [0.5, 0.6) is 0 Å². The summed E-state index contributed by atoms with van der Waals surface area (Å²) in [6.45, 7) is 8.31. The number of nitrogens with one attached hydrogen (secondary N) is 1.